The van der Waals surface area contributed by atoms with Gasteiger partial charge in [-0.2, -0.15) is 0 Å². The van der Waals surface area contributed by atoms with Crippen molar-refractivity contribution in [2.75, 3.05) is 6.61 Å². The Balaban J connectivity index is 2.66. The Labute approximate surface area is 109 Å². The highest BCUT2D eigenvalue weighted by Gasteiger charge is 2.18. The molecule has 1 atom stereocenters. The van der Waals surface area contributed by atoms with Crippen LogP contribution in [0.1, 0.15) is 44.2 Å². The topological polar surface area (TPSA) is 46.5 Å². The number of hydrogen-bond acceptors (Lipinski definition) is 2. The molecule has 0 amide bonds. The zero-order valence-electron chi connectivity index (χ0n) is 11.3. The van der Waals surface area contributed by atoms with Gasteiger partial charge in [0.1, 0.15) is 0 Å². The number of carboxylic acid groups (broad SMARTS) is 1. The Morgan fingerprint density at radius 2 is 1.89 bits per heavy atom. The minimum atomic E-state index is -0.892. The lowest BCUT2D eigenvalue weighted by atomic mass is 10.00. The van der Waals surface area contributed by atoms with E-state index in [1.165, 1.54) is 5.56 Å². The number of benzene rings is 1. The van der Waals surface area contributed by atoms with Crippen molar-refractivity contribution in [2.45, 2.75) is 45.6 Å². The molecule has 3 heteroatoms. The van der Waals surface area contributed by atoms with Gasteiger partial charge in [-0.15, -0.1) is 0 Å². The summed E-state index contributed by atoms with van der Waals surface area (Å²) in [6, 6.07) is 8.08. The molecule has 1 aromatic rings. The van der Waals surface area contributed by atoms with Gasteiger partial charge in [0.25, 0.3) is 0 Å². The molecular weight excluding hydrogens is 228 g/mol. The molecule has 0 saturated heterocycles. The Morgan fingerprint density at radius 3 is 2.33 bits per heavy atom. The maximum Gasteiger partial charge on any atom is 0.333 e. The highest BCUT2D eigenvalue weighted by atomic mass is 16.5. The van der Waals surface area contributed by atoms with Crippen molar-refractivity contribution >= 4 is 5.97 Å². The first-order valence-electron chi connectivity index (χ1n) is 6.47. The lowest BCUT2D eigenvalue weighted by Gasteiger charge is -2.14. The van der Waals surface area contributed by atoms with E-state index in [1.54, 1.807) is 0 Å². The van der Waals surface area contributed by atoms with Gasteiger partial charge in [0.05, 0.1) is 0 Å². The highest BCUT2D eigenvalue weighted by Crippen LogP contribution is 2.16. The molecule has 0 aliphatic carbocycles. The first kappa shape index (κ1) is 14.7. The van der Waals surface area contributed by atoms with E-state index in [9.17, 15) is 4.79 Å². The lowest BCUT2D eigenvalue weighted by Crippen LogP contribution is -2.26. The number of ether oxygens (including phenoxy) is 1. The molecule has 0 aromatic heterocycles. The highest BCUT2D eigenvalue weighted by molar-refractivity contribution is 5.72. The summed E-state index contributed by atoms with van der Waals surface area (Å²) >= 11 is 0. The average molecular weight is 250 g/mol. The molecule has 1 rings (SSSR count). The van der Waals surface area contributed by atoms with Gasteiger partial charge in [0, 0.05) is 13.0 Å². The summed E-state index contributed by atoms with van der Waals surface area (Å²) < 4.78 is 5.33. The fraction of sp³-hybridized carbons (Fsp3) is 0.533. The third-order valence-corrected chi connectivity index (χ3v) is 2.87. The van der Waals surface area contributed by atoms with Gasteiger partial charge in [0.2, 0.25) is 0 Å². The number of rotatable bonds is 7. The molecule has 18 heavy (non-hydrogen) atoms. The second kappa shape index (κ2) is 7.17. The fourth-order valence-electron chi connectivity index (χ4n) is 1.73. The minimum absolute atomic E-state index is 0.424. The van der Waals surface area contributed by atoms with Crippen molar-refractivity contribution in [2.24, 2.45) is 0 Å². The van der Waals surface area contributed by atoms with Crippen LogP contribution in [0.25, 0.3) is 0 Å². The van der Waals surface area contributed by atoms with E-state index in [1.807, 2.05) is 19.1 Å². The van der Waals surface area contributed by atoms with E-state index in [4.69, 9.17) is 9.84 Å². The number of carboxylic acids is 1. The first-order valence-corrected chi connectivity index (χ1v) is 6.47. The van der Waals surface area contributed by atoms with Crippen molar-refractivity contribution in [3.63, 3.8) is 0 Å². The summed E-state index contributed by atoms with van der Waals surface area (Å²) in [6.45, 7) is 6.73. The molecule has 1 N–H and O–H groups in total. The van der Waals surface area contributed by atoms with Gasteiger partial charge in [-0.3, -0.25) is 0 Å². The van der Waals surface area contributed by atoms with Crippen LogP contribution in [-0.2, 0) is 16.0 Å². The van der Waals surface area contributed by atoms with Crippen LogP contribution >= 0.6 is 0 Å². The molecule has 0 fully saturated rings. The summed E-state index contributed by atoms with van der Waals surface area (Å²) in [5.41, 5.74) is 2.27. The number of hydrogen-bond donors (Lipinski definition) is 1. The normalized spacial score (nSPS) is 12.7. The third-order valence-electron chi connectivity index (χ3n) is 2.87. The SMILES string of the molecule is CCCO[C@@H](Cc1ccc(C(C)C)cc1)C(=O)O. The first-order chi connectivity index (χ1) is 8.54. The van der Waals surface area contributed by atoms with Crippen molar-refractivity contribution in [1.29, 1.82) is 0 Å². The van der Waals surface area contributed by atoms with Crippen LogP contribution < -0.4 is 0 Å². The molecule has 1 aromatic carbocycles. The zero-order chi connectivity index (χ0) is 13.5. The Morgan fingerprint density at radius 1 is 1.28 bits per heavy atom. The van der Waals surface area contributed by atoms with Crippen LogP contribution in [0.2, 0.25) is 0 Å². The van der Waals surface area contributed by atoms with Gasteiger partial charge in [-0.25, -0.2) is 4.79 Å². The molecule has 0 spiro atoms. The predicted octanol–water partition coefficient (Wildman–Crippen LogP) is 3.23. The largest absolute Gasteiger partial charge is 0.479 e. The molecule has 0 unspecified atom stereocenters. The molecule has 0 radical (unpaired) electrons. The van der Waals surface area contributed by atoms with E-state index in [2.05, 4.69) is 26.0 Å². The molecule has 0 aliphatic rings. The molecule has 0 bridgehead atoms. The maximum atomic E-state index is 11.1. The molecule has 3 nitrogen and oxygen atoms in total. The van der Waals surface area contributed by atoms with Gasteiger partial charge in [-0.05, 0) is 23.5 Å². The van der Waals surface area contributed by atoms with Gasteiger partial charge in [0.15, 0.2) is 6.10 Å². The number of carbonyl (C=O) groups is 1. The molecule has 0 heterocycles. The summed E-state index contributed by atoms with van der Waals surface area (Å²) in [4.78, 5) is 11.1. The summed E-state index contributed by atoms with van der Waals surface area (Å²) in [5, 5.41) is 9.08. The summed E-state index contributed by atoms with van der Waals surface area (Å²) in [6.07, 6.45) is 0.513. The minimum Gasteiger partial charge on any atom is -0.479 e. The second-order valence-corrected chi connectivity index (χ2v) is 4.80. The summed E-state index contributed by atoms with van der Waals surface area (Å²) in [7, 11) is 0. The van der Waals surface area contributed by atoms with Crippen LogP contribution in [0.5, 0.6) is 0 Å². The van der Waals surface area contributed by atoms with Crippen LogP contribution in [0.3, 0.4) is 0 Å². The predicted molar refractivity (Wildman–Crippen MR) is 71.9 cm³/mol. The molecule has 100 valence electrons. The van der Waals surface area contributed by atoms with E-state index in [0.717, 1.165) is 12.0 Å². The quantitative estimate of drug-likeness (QED) is 0.808. The zero-order valence-corrected chi connectivity index (χ0v) is 11.3. The molecular formula is C15H22O3. The van der Waals surface area contributed by atoms with E-state index >= 15 is 0 Å². The summed E-state index contributed by atoms with van der Waals surface area (Å²) in [5.74, 6) is -0.401. The Kier molecular flexibility index (Phi) is 5.86. The smallest absolute Gasteiger partial charge is 0.333 e. The fourth-order valence-corrected chi connectivity index (χ4v) is 1.73. The van der Waals surface area contributed by atoms with Gasteiger partial charge < -0.3 is 9.84 Å². The third kappa shape index (κ3) is 4.49. The molecule has 0 aliphatic heterocycles. The second-order valence-electron chi connectivity index (χ2n) is 4.80. The van der Waals surface area contributed by atoms with Crippen LogP contribution in [0, 0.1) is 0 Å². The van der Waals surface area contributed by atoms with Crippen LogP contribution in [0.4, 0.5) is 0 Å². The van der Waals surface area contributed by atoms with Crippen molar-refractivity contribution in [1.82, 2.24) is 0 Å². The van der Waals surface area contributed by atoms with Gasteiger partial charge in [-0.1, -0.05) is 45.0 Å². The number of aliphatic carboxylic acids is 1. The Bertz CT molecular complexity index is 368. The standard InChI is InChI=1S/C15H22O3/c1-4-9-18-14(15(16)17)10-12-5-7-13(8-6-12)11(2)3/h5-8,11,14H,4,9-10H2,1-3H3,(H,16,17)/t14-/m0/s1. The maximum absolute atomic E-state index is 11.1. The van der Waals surface area contributed by atoms with Crippen molar-refractivity contribution in [3.05, 3.63) is 35.4 Å². The van der Waals surface area contributed by atoms with Crippen LogP contribution in [0.15, 0.2) is 24.3 Å². The average Bonchev–Trinajstić information content (AvgIpc) is 2.34. The molecule has 0 saturated carbocycles. The van der Waals surface area contributed by atoms with Crippen LogP contribution in [-0.4, -0.2) is 23.8 Å². The van der Waals surface area contributed by atoms with E-state index in [-0.39, 0.29) is 0 Å². The lowest BCUT2D eigenvalue weighted by molar-refractivity contribution is -0.150. The van der Waals surface area contributed by atoms with E-state index < -0.39 is 12.1 Å². The Hall–Kier alpha value is -1.35. The van der Waals surface area contributed by atoms with Gasteiger partial charge >= 0.3 is 5.97 Å². The van der Waals surface area contributed by atoms with E-state index in [0.29, 0.717) is 18.9 Å². The van der Waals surface area contributed by atoms with Crippen molar-refractivity contribution in [3.8, 4) is 0 Å². The monoisotopic (exact) mass is 250 g/mol. The van der Waals surface area contributed by atoms with Crippen molar-refractivity contribution < 1.29 is 14.6 Å².